The van der Waals surface area contributed by atoms with Gasteiger partial charge in [0.25, 0.3) is 5.91 Å². The van der Waals surface area contributed by atoms with Gasteiger partial charge in [0.15, 0.2) is 6.10 Å². The molecule has 1 heterocycles. The molecular weight excluding hydrogens is 352 g/mol. The minimum Gasteiger partial charge on any atom is -0.481 e. The highest BCUT2D eigenvalue weighted by molar-refractivity contribution is 9.10. The van der Waals surface area contributed by atoms with Crippen LogP contribution in [0.25, 0.3) is 0 Å². The summed E-state index contributed by atoms with van der Waals surface area (Å²) in [4.78, 5) is 30.2. The maximum atomic E-state index is 11.9. The van der Waals surface area contributed by atoms with Crippen molar-refractivity contribution in [2.75, 3.05) is 13.1 Å². The molecule has 7 heteroatoms. The smallest absolute Gasteiger partial charge is 0.284 e. The van der Waals surface area contributed by atoms with Gasteiger partial charge in [0.05, 0.1) is 0 Å². The molecule has 1 aromatic rings. The van der Waals surface area contributed by atoms with Gasteiger partial charge >= 0.3 is 0 Å². The second-order valence-electron chi connectivity index (χ2n) is 5.17. The summed E-state index contributed by atoms with van der Waals surface area (Å²) in [6, 6.07) is 7.23. The molecule has 1 saturated heterocycles. The molecule has 0 aliphatic carbocycles. The molecule has 120 valence electrons. The van der Waals surface area contributed by atoms with Crippen LogP contribution >= 0.6 is 15.9 Å². The Morgan fingerprint density at radius 1 is 1.36 bits per heavy atom. The van der Waals surface area contributed by atoms with Crippen molar-refractivity contribution in [1.82, 2.24) is 10.4 Å². The number of rotatable bonds is 5. The number of ether oxygens (including phenoxy) is 1. The topological polar surface area (TPSA) is 67.9 Å². The van der Waals surface area contributed by atoms with Crippen molar-refractivity contribution in [3.63, 3.8) is 0 Å². The lowest BCUT2D eigenvalue weighted by atomic mass is 10.3. The fourth-order valence-corrected chi connectivity index (χ4v) is 2.37. The summed E-state index contributed by atoms with van der Waals surface area (Å²) in [6.07, 6.45) is -0.138. The van der Waals surface area contributed by atoms with Gasteiger partial charge in [-0.3, -0.25) is 14.4 Å². The van der Waals surface area contributed by atoms with Crippen molar-refractivity contribution in [1.29, 1.82) is 0 Å². The minimum atomic E-state index is -0.675. The number of likely N-dealkylation sites (tertiary alicyclic amines) is 1. The standard InChI is InChI=1S/C15H19BrN2O4/c1-10(21-13-5-3-12(16)4-6-13)15(20)17-22-14-7-8-18(9-14)11(2)19/h3-6,10,14H,7-9H2,1-2H3,(H,17,20)/t10-,14?/m0/s1. The molecule has 0 bridgehead atoms. The van der Waals surface area contributed by atoms with E-state index in [2.05, 4.69) is 21.4 Å². The van der Waals surface area contributed by atoms with E-state index in [0.29, 0.717) is 25.3 Å². The van der Waals surface area contributed by atoms with Crippen LogP contribution in [0.1, 0.15) is 20.3 Å². The number of halogens is 1. The van der Waals surface area contributed by atoms with E-state index in [1.54, 1.807) is 24.0 Å². The van der Waals surface area contributed by atoms with Crippen molar-refractivity contribution in [3.05, 3.63) is 28.7 Å². The highest BCUT2D eigenvalue weighted by Crippen LogP contribution is 2.17. The SMILES string of the molecule is CC(=O)N1CCC(ONC(=O)[C@H](C)Oc2ccc(Br)cc2)C1. The van der Waals surface area contributed by atoms with Crippen LogP contribution in [-0.4, -0.2) is 42.0 Å². The molecule has 1 fully saturated rings. The zero-order valence-corrected chi connectivity index (χ0v) is 14.1. The number of nitrogens with one attached hydrogen (secondary N) is 1. The van der Waals surface area contributed by atoms with Crippen molar-refractivity contribution in [3.8, 4) is 5.75 Å². The molecule has 2 amide bonds. The highest BCUT2D eigenvalue weighted by atomic mass is 79.9. The number of hydrogen-bond donors (Lipinski definition) is 1. The molecule has 2 rings (SSSR count). The molecule has 1 aliphatic rings. The Balaban J connectivity index is 1.75. The second kappa shape index (κ2) is 7.60. The molecule has 22 heavy (non-hydrogen) atoms. The zero-order valence-electron chi connectivity index (χ0n) is 12.5. The number of carbonyl (C=O) groups is 2. The summed E-state index contributed by atoms with van der Waals surface area (Å²) < 4.78 is 6.47. The second-order valence-corrected chi connectivity index (χ2v) is 6.09. The van der Waals surface area contributed by atoms with Gasteiger partial charge in [-0.05, 0) is 37.6 Å². The number of benzene rings is 1. The predicted octanol–water partition coefficient (Wildman–Crippen LogP) is 1.88. The Hall–Kier alpha value is -1.60. The first kappa shape index (κ1) is 16.8. The summed E-state index contributed by atoms with van der Waals surface area (Å²) in [5.41, 5.74) is 2.40. The van der Waals surface area contributed by atoms with E-state index in [4.69, 9.17) is 9.57 Å². The van der Waals surface area contributed by atoms with Crippen LogP contribution in [0.5, 0.6) is 5.75 Å². The van der Waals surface area contributed by atoms with Crippen LogP contribution < -0.4 is 10.2 Å². The van der Waals surface area contributed by atoms with Crippen LogP contribution in [0.4, 0.5) is 0 Å². The summed E-state index contributed by atoms with van der Waals surface area (Å²) >= 11 is 3.34. The van der Waals surface area contributed by atoms with Gasteiger partial charge in [0.2, 0.25) is 5.91 Å². The molecule has 1 aromatic carbocycles. The molecule has 0 radical (unpaired) electrons. The number of carbonyl (C=O) groups excluding carboxylic acids is 2. The van der Waals surface area contributed by atoms with Crippen LogP contribution in [0.15, 0.2) is 28.7 Å². The van der Waals surface area contributed by atoms with E-state index in [9.17, 15) is 9.59 Å². The van der Waals surface area contributed by atoms with Crippen molar-refractivity contribution < 1.29 is 19.2 Å². The Kier molecular flexibility index (Phi) is 5.79. The molecule has 1 unspecified atom stereocenters. The highest BCUT2D eigenvalue weighted by Gasteiger charge is 2.26. The van der Waals surface area contributed by atoms with Crippen molar-refractivity contribution in [2.24, 2.45) is 0 Å². The summed E-state index contributed by atoms with van der Waals surface area (Å²) in [7, 11) is 0. The molecule has 0 saturated carbocycles. The minimum absolute atomic E-state index is 0.0179. The maximum Gasteiger partial charge on any atom is 0.284 e. The van der Waals surface area contributed by atoms with E-state index in [1.807, 2.05) is 12.1 Å². The lowest BCUT2D eigenvalue weighted by Crippen LogP contribution is -2.39. The van der Waals surface area contributed by atoms with E-state index < -0.39 is 6.10 Å². The van der Waals surface area contributed by atoms with Gasteiger partial charge in [-0.2, -0.15) is 0 Å². The average Bonchev–Trinajstić information content (AvgIpc) is 2.96. The zero-order chi connectivity index (χ0) is 16.1. The molecule has 1 N–H and O–H groups in total. The van der Waals surface area contributed by atoms with E-state index in [1.165, 1.54) is 6.92 Å². The molecular formula is C15H19BrN2O4. The molecule has 6 nitrogen and oxygen atoms in total. The van der Waals surface area contributed by atoms with E-state index >= 15 is 0 Å². The van der Waals surface area contributed by atoms with Gasteiger partial charge in [-0.25, -0.2) is 5.48 Å². The van der Waals surface area contributed by atoms with Crippen LogP contribution in [0.2, 0.25) is 0 Å². The summed E-state index contributed by atoms with van der Waals surface area (Å²) in [6.45, 7) is 4.32. The third-order valence-electron chi connectivity index (χ3n) is 3.41. The molecule has 0 spiro atoms. The van der Waals surface area contributed by atoms with Crippen molar-refractivity contribution in [2.45, 2.75) is 32.5 Å². The van der Waals surface area contributed by atoms with Crippen LogP contribution in [0.3, 0.4) is 0 Å². The summed E-state index contributed by atoms with van der Waals surface area (Å²) in [5, 5.41) is 0. The third kappa shape index (κ3) is 4.71. The lowest BCUT2D eigenvalue weighted by Gasteiger charge is -2.17. The van der Waals surface area contributed by atoms with Gasteiger partial charge in [-0.15, -0.1) is 0 Å². The largest absolute Gasteiger partial charge is 0.481 e. The number of nitrogens with zero attached hydrogens (tertiary/aromatic N) is 1. The number of hydrogen-bond acceptors (Lipinski definition) is 4. The maximum absolute atomic E-state index is 11.9. The van der Waals surface area contributed by atoms with E-state index in [-0.39, 0.29) is 17.9 Å². The normalized spacial score (nSPS) is 18.9. The monoisotopic (exact) mass is 370 g/mol. The Bertz CT molecular complexity index is 535. The first-order valence-electron chi connectivity index (χ1n) is 7.09. The number of amides is 2. The fraction of sp³-hybridized carbons (Fsp3) is 0.467. The lowest BCUT2D eigenvalue weighted by molar-refractivity contribution is -0.144. The van der Waals surface area contributed by atoms with Crippen molar-refractivity contribution >= 4 is 27.7 Å². The Morgan fingerprint density at radius 2 is 2.05 bits per heavy atom. The molecule has 0 aromatic heterocycles. The quantitative estimate of drug-likeness (QED) is 0.803. The first-order chi connectivity index (χ1) is 10.5. The Morgan fingerprint density at radius 3 is 2.64 bits per heavy atom. The van der Waals surface area contributed by atoms with Gasteiger partial charge in [0, 0.05) is 24.5 Å². The average molecular weight is 371 g/mol. The third-order valence-corrected chi connectivity index (χ3v) is 3.94. The predicted molar refractivity (Wildman–Crippen MR) is 84.1 cm³/mol. The van der Waals surface area contributed by atoms with Gasteiger partial charge in [-0.1, -0.05) is 15.9 Å². The van der Waals surface area contributed by atoms with E-state index in [0.717, 1.165) is 4.47 Å². The molecule has 1 aliphatic heterocycles. The Labute approximate surface area is 137 Å². The first-order valence-corrected chi connectivity index (χ1v) is 7.88. The van der Waals surface area contributed by atoms with Gasteiger partial charge in [0.1, 0.15) is 11.9 Å². The number of hydroxylamine groups is 1. The summed E-state index contributed by atoms with van der Waals surface area (Å²) in [5.74, 6) is 0.267. The van der Waals surface area contributed by atoms with Gasteiger partial charge < -0.3 is 9.64 Å². The molecule has 2 atom stereocenters. The van der Waals surface area contributed by atoms with Crippen LogP contribution in [0, 0.1) is 0 Å². The van der Waals surface area contributed by atoms with Crippen LogP contribution in [-0.2, 0) is 14.4 Å². The fourth-order valence-electron chi connectivity index (χ4n) is 2.11.